The zero-order valence-electron chi connectivity index (χ0n) is 14.0. The molecule has 1 amide bonds. The third kappa shape index (κ3) is 2.27. The molecule has 1 atom stereocenters. The van der Waals surface area contributed by atoms with Gasteiger partial charge in [-0.3, -0.25) is 4.79 Å². The second-order valence-electron chi connectivity index (χ2n) is 7.13. The van der Waals surface area contributed by atoms with Gasteiger partial charge in [0, 0.05) is 29.0 Å². The second-order valence-corrected chi connectivity index (χ2v) is 7.13. The molecule has 4 heteroatoms. The Labute approximate surface area is 136 Å². The largest absolute Gasteiger partial charge is 0.450 e. The number of ether oxygens (including phenoxy) is 1. The topological polar surface area (TPSA) is 51.5 Å². The van der Waals surface area contributed by atoms with E-state index in [4.69, 9.17) is 9.15 Å². The van der Waals surface area contributed by atoms with Crippen molar-refractivity contribution in [3.63, 3.8) is 0 Å². The van der Waals surface area contributed by atoms with Gasteiger partial charge in [-0.2, -0.15) is 0 Å². The van der Waals surface area contributed by atoms with Gasteiger partial charge in [-0.1, -0.05) is 12.1 Å². The average Bonchev–Trinajstić information content (AvgIpc) is 2.98. The van der Waals surface area contributed by atoms with Crippen LogP contribution in [0, 0.1) is 26.7 Å². The first-order valence-electron chi connectivity index (χ1n) is 8.41. The van der Waals surface area contributed by atoms with Crippen LogP contribution >= 0.6 is 0 Å². The predicted octanol–water partition coefficient (Wildman–Crippen LogP) is 3.66. The van der Waals surface area contributed by atoms with Gasteiger partial charge in [0.15, 0.2) is 5.76 Å². The fraction of sp³-hybridized carbons (Fsp3) is 0.526. The van der Waals surface area contributed by atoms with Gasteiger partial charge in [-0.15, -0.1) is 0 Å². The van der Waals surface area contributed by atoms with Crippen molar-refractivity contribution in [2.24, 2.45) is 5.92 Å². The van der Waals surface area contributed by atoms with E-state index in [0.29, 0.717) is 11.7 Å². The first-order chi connectivity index (χ1) is 11.0. The van der Waals surface area contributed by atoms with E-state index in [2.05, 4.69) is 18.3 Å². The minimum Gasteiger partial charge on any atom is -0.450 e. The van der Waals surface area contributed by atoms with E-state index in [9.17, 15) is 4.79 Å². The van der Waals surface area contributed by atoms with Crippen molar-refractivity contribution in [3.05, 3.63) is 34.6 Å². The molecule has 122 valence electrons. The molecule has 1 aliphatic carbocycles. The molecule has 1 aromatic carbocycles. The lowest BCUT2D eigenvalue weighted by atomic mass is 9.96. The monoisotopic (exact) mass is 313 g/mol. The number of benzene rings is 1. The number of carbonyl (C=O) groups is 1. The van der Waals surface area contributed by atoms with Crippen LogP contribution in [0.1, 0.15) is 46.5 Å². The van der Waals surface area contributed by atoms with E-state index in [1.807, 2.05) is 19.9 Å². The molecule has 2 fully saturated rings. The number of fused-ring (bicyclic) bond motifs is 1. The molecular formula is C19H23NO3. The highest BCUT2D eigenvalue weighted by atomic mass is 16.5. The highest BCUT2D eigenvalue weighted by molar-refractivity contribution is 6.01. The molecule has 1 unspecified atom stereocenters. The average molecular weight is 313 g/mol. The molecule has 4 rings (SSSR count). The van der Waals surface area contributed by atoms with Gasteiger partial charge >= 0.3 is 0 Å². The highest BCUT2D eigenvalue weighted by Crippen LogP contribution is 2.46. The van der Waals surface area contributed by atoms with Crippen molar-refractivity contribution in [2.45, 2.75) is 45.6 Å². The third-order valence-corrected chi connectivity index (χ3v) is 5.55. The fourth-order valence-electron chi connectivity index (χ4n) is 3.91. The van der Waals surface area contributed by atoms with Crippen LogP contribution in [0.25, 0.3) is 11.0 Å². The smallest absolute Gasteiger partial charge is 0.287 e. The molecule has 1 aliphatic heterocycles. The third-order valence-electron chi connectivity index (χ3n) is 5.55. The molecule has 1 saturated heterocycles. The molecule has 1 aromatic heterocycles. The summed E-state index contributed by atoms with van der Waals surface area (Å²) in [7, 11) is 0. The van der Waals surface area contributed by atoms with Crippen molar-refractivity contribution in [3.8, 4) is 0 Å². The summed E-state index contributed by atoms with van der Waals surface area (Å²) in [6.07, 6.45) is 3.13. The second kappa shape index (κ2) is 5.10. The van der Waals surface area contributed by atoms with Crippen LogP contribution in [0.2, 0.25) is 0 Å². The standard InChI is InChI=1S/C19H23NO3/c1-11-4-5-12(2)16-15(11)13(3)17(23-16)18(21)20-19(7-8-19)14-6-9-22-10-14/h4-5,14H,6-10H2,1-3H3,(H,20,21). The van der Waals surface area contributed by atoms with E-state index in [-0.39, 0.29) is 11.4 Å². The van der Waals surface area contributed by atoms with E-state index in [1.165, 1.54) is 0 Å². The minimum absolute atomic E-state index is 0.0664. The maximum absolute atomic E-state index is 12.8. The molecule has 2 aliphatic rings. The van der Waals surface area contributed by atoms with Crippen LogP contribution in [-0.4, -0.2) is 24.7 Å². The van der Waals surface area contributed by atoms with Crippen LogP contribution in [0.5, 0.6) is 0 Å². The Bertz CT molecular complexity index is 779. The van der Waals surface area contributed by atoms with E-state index in [1.54, 1.807) is 0 Å². The Balaban J connectivity index is 1.67. The number of amides is 1. The van der Waals surface area contributed by atoms with Gasteiger partial charge in [0.1, 0.15) is 5.58 Å². The molecule has 1 saturated carbocycles. The zero-order valence-corrected chi connectivity index (χ0v) is 14.0. The molecule has 4 nitrogen and oxygen atoms in total. The number of hydrogen-bond acceptors (Lipinski definition) is 3. The summed E-state index contributed by atoms with van der Waals surface area (Å²) in [5.74, 6) is 0.823. The lowest BCUT2D eigenvalue weighted by molar-refractivity contribution is 0.0879. The van der Waals surface area contributed by atoms with Crippen molar-refractivity contribution in [1.29, 1.82) is 0 Å². The number of aryl methyl sites for hydroxylation is 3. The van der Waals surface area contributed by atoms with Gasteiger partial charge < -0.3 is 14.5 Å². The summed E-state index contributed by atoms with van der Waals surface area (Å²) in [4.78, 5) is 12.8. The van der Waals surface area contributed by atoms with Crippen LogP contribution in [0.4, 0.5) is 0 Å². The quantitative estimate of drug-likeness (QED) is 0.941. The van der Waals surface area contributed by atoms with Gasteiger partial charge in [-0.05, 0) is 51.2 Å². The van der Waals surface area contributed by atoms with Crippen LogP contribution in [0.3, 0.4) is 0 Å². The number of hydrogen-bond donors (Lipinski definition) is 1. The Kier molecular flexibility index (Phi) is 3.27. The summed E-state index contributed by atoms with van der Waals surface area (Å²) >= 11 is 0. The Hall–Kier alpha value is -1.81. The first-order valence-corrected chi connectivity index (χ1v) is 8.41. The summed E-state index contributed by atoms with van der Waals surface area (Å²) in [5, 5.41) is 4.33. The van der Waals surface area contributed by atoms with Crippen LogP contribution < -0.4 is 5.32 Å². The maximum atomic E-state index is 12.8. The molecule has 1 N–H and O–H groups in total. The number of rotatable bonds is 3. The van der Waals surface area contributed by atoms with Crippen molar-refractivity contribution >= 4 is 16.9 Å². The summed E-state index contributed by atoms with van der Waals surface area (Å²) < 4.78 is 11.5. The minimum atomic E-state index is -0.0816. The van der Waals surface area contributed by atoms with Crippen molar-refractivity contribution in [1.82, 2.24) is 5.32 Å². The van der Waals surface area contributed by atoms with E-state index < -0.39 is 0 Å². The first kappa shape index (κ1) is 14.8. The van der Waals surface area contributed by atoms with Crippen LogP contribution in [-0.2, 0) is 4.74 Å². The van der Waals surface area contributed by atoms with Crippen molar-refractivity contribution in [2.75, 3.05) is 13.2 Å². The SMILES string of the molecule is Cc1ccc(C)c2c(C)c(C(=O)NC3(C4CCOC4)CC3)oc12. The van der Waals surface area contributed by atoms with Gasteiger partial charge in [-0.25, -0.2) is 0 Å². The summed E-state index contributed by atoms with van der Waals surface area (Å²) in [5.41, 5.74) is 3.93. The molecule has 2 heterocycles. The Morgan fingerprint density at radius 3 is 2.57 bits per heavy atom. The molecule has 0 bridgehead atoms. The lowest BCUT2D eigenvalue weighted by Crippen LogP contribution is -2.43. The molecule has 23 heavy (non-hydrogen) atoms. The molecule has 0 radical (unpaired) electrons. The lowest BCUT2D eigenvalue weighted by Gasteiger charge is -2.22. The highest BCUT2D eigenvalue weighted by Gasteiger charge is 2.51. The molecule has 0 spiro atoms. The number of carbonyl (C=O) groups excluding carboxylic acids is 1. The predicted molar refractivity (Wildman–Crippen MR) is 88.8 cm³/mol. The Morgan fingerprint density at radius 1 is 1.22 bits per heavy atom. The number of furan rings is 1. The Morgan fingerprint density at radius 2 is 1.96 bits per heavy atom. The maximum Gasteiger partial charge on any atom is 0.287 e. The zero-order chi connectivity index (χ0) is 16.2. The number of nitrogens with one attached hydrogen (secondary N) is 1. The van der Waals surface area contributed by atoms with Crippen molar-refractivity contribution < 1.29 is 13.9 Å². The molecule has 2 aromatic rings. The van der Waals surface area contributed by atoms with Gasteiger partial charge in [0.05, 0.1) is 6.61 Å². The van der Waals surface area contributed by atoms with Crippen LogP contribution in [0.15, 0.2) is 16.5 Å². The van der Waals surface area contributed by atoms with E-state index >= 15 is 0 Å². The van der Waals surface area contributed by atoms with Gasteiger partial charge in [0.25, 0.3) is 5.91 Å². The summed E-state index contributed by atoms with van der Waals surface area (Å²) in [6.45, 7) is 7.63. The normalized spacial score (nSPS) is 22.5. The van der Waals surface area contributed by atoms with E-state index in [0.717, 1.165) is 60.1 Å². The fourth-order valence-corrected chi connectivity index (χ4v) is 3.91. The van der Waals surface area contributed by atoms with Gasteiger partial charge in [0.2, 0.25) is 0 Å². The molecular weight excluding hydrogens is 290 g/mol. The summed E-state index contributed by atoms with van der Waals surface area (Å²) in [6, 6.07) is 4.13.